The molecule has 4 aromatic heterocycles. The van der Waals surface area contributed by atoms with Crippen LogP contribution in [0, 0.1) is 5.82 Å². The van der Waals surface area contributed by atoms with Crippen LogP contribution in [0.1, 0.15) is 23.7 Å². The molecule has 0 aliphatic carbocycles. The minimum atomic E-state index is -0.376. The fraction of sp³-hybridized carbons (Fsp3) is 0.240. The molecule has 1 aromatic carbocycles. The molecule has 1 atom stereocenters. The minimum absolute atomic E-state index is 0.0219. The Labute approximate surface area is 205 Å². The molecule has 5 heterocycles. The third-order valence-electron chi connectivity index (χ3n) is 6.29. The fourth-order valence-corrected chi connectivity index (χ4v) is 4.47. The number of hydrogen-bond acceptors (Lipinski definition) is 8. The number of halogens is 1. The zero-order valence-corrected chi connectivity index (χ0v) is 19.7. The van der Waals surface area contributed by atoms with E-state index in [0.29, 0.717) is 30.5 Å². The van der Waals surface area contributed by atoms with Crippen LogP contribution in [0.4, 0.5) is 16.2 Å². The van der Waals surface area contributed by atoms with Crippen molar-refractivity contribution in [1.82, 2.24) is 34.3 Å². The number of benzene rings is 1. The van der Waals surface area contributed by atoms with Crippen molar-refractivity contribution in [2.75, 3.05) is 19.0 Å². The maximum absolute atomic E-state index is 14.2. The Hall–Kier alpha value is -4.54. The van der Waals surface area contributed by atoms with Gasteiger partial charge in [0.25, 0.3) is 0 Å². The highest BCUT2D eigenvalue weighted by atomic mass is 19.1. The Morgan fingerprint density at radius 3 is 2.86 bits per heavy atom. The Bertz CT molecular complexity index is 1560. The fourth-order valence-electron chi connectivity index (χ4n) is 4.47. The maximum atomic E-state index is 14.2. The molecule has 6 rings (SSSR count). The van der Waals surface area contributed by atoms with Gasteiger partial charge in [-0.3, -0.25) is 4.68 Å². The van der Waals surface area contributed by atoms with Crippen LogP contribution in [0.3, 0.4) is 0 Å². The van der Waals surface area contributed by atoms with Gasteiger partial charge < -0.3 is 14.8 Å². The van der Waals surface area contributed by atoms with E-state index in [1.54, 1.807) is 23.1 Å². The lowest BCUT2D eigenvalue weighted by Gasteiger charge is -2.13. The third kappa shape index (κ3) is 3.98. The number of aromatic nitrogens is 7. The number of rotatable bonds is 6. The van der Waals surface area contributed by atoms with Crippen molar-refractivity contribution in [3.63, 3.8) is 0 Å². The van der Waals surface area contributed by atoms with Crippen LogP contribution in [0.5, 0.6) is 11.6 Å². The Balaban J connectivity index is 1.32. The number of ether oxygens (including phenoxy) is 2. The molecule has 0 unspecified atom stereocenters. The molecule has 10 nitrogen and oxygen atoms in total. The molecule has 182 valence electrons. The number of nitrogens with one attached hydrogen (secondary N) is 1. The average Bonchev–Trinajstić information content (AvgIpc) is 3.44. The summed E-state index contributed by atoms with van der Waals surface area (Å²) in [4.78, 5) is 8.98. The van der Waals surface area contributed by atoms with Gasteiger partial charge in [0, 0.05) is 36.9 Å². The zero-order chi connectivity index (χ0) is 24.6. The SMILES string of the molecule is COc1ccc(C[C@H]2CCOc3cc(-c4ccnc(Nc5ccnn5C)n4)cc4nnc2n34)cc1F. The van der Waals surface area contributed by atoms with Gasteiger partial charge in [0.1, 0.15) is 11.6 Å². The number of anilines is 2. The summed E-state index contributed by atoms with van der Waals surface area (Å²) in [5.41, 5.74) is 3.08. The first-order valence-electron chi connectivity index (χ1n) is 11.5. The maximum Gasteiger partial charge on any atom is 0.228 e. The summed E-state index contributed by atoms with van der Waals surface area (Å²) in [6.07, 6.45) is 4.74. The van der Waals surface area contributed by atoms with Crippen molar-refractivity contribution in [2.45, 2.75) is 18.8 Å². The predicted molar refractivity (Wildman–Crippen MR) is 130 cm³/mol. The lowest BCUT2D eigenvalue weighted by molar-refractivity contribution is 0.296. The molecule has 0 saturated carbocycles. The van der Waals surface area contributed by atoms with Gasteiger partial charge in [0.2, 0.25) is 11.8 Å². The van der Waals surface area contributed by atoms with Gasteiger partial charge in [0.05, 0.1) is 25.6 Å². The van der Waals surface area contributed by atoms with E-state index in [1.807, 2.05) is 41.8 Å². The summed E-state index contributed by atoms with van der Waals surface area (Å²) in [6, 6.07) is 12.6. The Morgan fingerprint density at radius 1 is 1.14 bits per heavy atom. The summed E-state index contributed by atoms with van der Waals surface area (Å²) in [5, 5.41) is 16.2. The second-order valence-corrected chi connectivity index (χ2v) is 8.57. The van der Waals surface area contributed by atoms with Crippen molar-refractivity contribution in [1.29, 1.82) is 0 Å². The molecule has 0 fully saturated rings. The average molecular weight is 487 g/mol. The first kappa shape index (κ1) is 22.0. The molecule has 1 N–H and O–H groups in total. The molecule has 0 spiro atoms. The van der Waals surface area contributed by atoms with Crippen molar-refractivity contribution < 1.29 is 13.9 Å². The van der Waals surface area contributed by atoms with Crippen LogP contribution in [-0.4, -0.2) is 48.1 Å². The van der Waals surface area contributed by atoms with E-state index in [2.05, 4.69) is 30.6 Å². The van der Waals surface area contributed by atoms with Crippen molar-refractivity contribution in [2.24, 2.45) is 7.05 Å². The van der Waals surface area contributed by atoms with Gasteiger partial charge in [0.15, 0.2) is 17.2 Å². The van der Waals surface area contributed by atoms with Gasteiger partial charge in [-0.15, -0.1) is 10.2 Å². The van der Waals surface area contributed by atoms with Crippen molar-refractivity contribution in [3.05, 3.63) is 72.1 Å². The topological polar surface area (TPSA) is 104 Å². The van der Waals surface area contributed by atoms with E-state index in [-0.39, 0.29) is 17.5 Å². The van der Waals surface area contributed by atoms with E-state index in [9.17, 15) is 4.39 Å². The summed E-state index contributed by atoms with van der Waals surface area (Å²) in [7, 11) is 3.30. The second kappa shape index (κ2) is 8.91. The Kier molecular flexibility index (Phi) is 5.44. The van der Waals surface area contributed by atoms with Crippen LogP contribution in [-0.2, 0) is 13.5 Å². The molecular weight excluding hydrogens is 463 g/mol. The summed E-state index contributed by atoms with van der Waals surface area (Å²) in [6.45, 7) is 0.502. The van der Waals surface area contributed by atoms with E-state index in [0.717, 1.165) is 34.9 Å². The standard InChI is InChI=1S/C25H23FN8O2/c1-33-21(6-9-28-33)30-25-27-8-5-19(29-25)17-13-22-31-32-24-16(7-10-36-23(14-17)34(22)24)11-15-3-4-20(35-2)18(26)12-15/h3-6,8-9,12-14,16H,7,10-11H2,1-2H3,(H,27,29,30)/t16-/m1/s1. The number of methoxy groups -OCH3 is 1. The Morgan fingerprint density at radius 2 is 2.06 bits per heavy atom. The smallest absolute Gasteiger partial charge is 0.228 e. The van der Waals surface area contributed by atoms with Gasteiger partial charge in [-0.05, 0) is 42.7 Å². The first-order chi connectivity index (χ1) is 17.6. The quantitative estimate of drug-likeness (QED) is 0.385. The zero-order valence-electron chi connectivity index (χ0n) is 19.7. The number of aryl methyl sites for hydroxylation is 1. The van der Waals surface area contributed by atoms with Crippen molar-refractivity contribution >= 4 is 17.4 Å². The number of nitrogens with zero attached hydrogens (tertiary/aromatic N) is 7. The molecule has 11 heteroatoms. The highest BCUT2D eigenvalue weighted by molar-refractivity contribution is 5.67. The highest BCUT2D eigenvalue weighted by Gasteiger charge is 2.25. The van der Waals surface area contributed by atoms with Crippen molar-refractivity contribution in [3.8, 4) is 22.9 Å². The van der Waals surface area contributed by atoms with Gasteiger partial charge in [-0.1, -0.05) is 6.07 Å². The van der Waals surface area contributed by atoms with Gasteiger partial charge in [-0.2, -0.15) is 5.10 Å². The number of hydrogen-bond donors (Lipinski definition) is 1. The molecule has 1 aliphatic rings. The van der Waals surface area contributed by atoms with E-state index < -0.39 is 0 Å². The first-order valence-corrected chi connectivity index (χ1v) is 11.5. The van der Waals surface area contributed by atoms with Crippen LogP contribution in [0.15, 0.2) is 54.9 Å². The molecule has 0 bridgehead atoms. The monoisotopic (exact) mass is 486 g/mol. The predicted octanol–water partition coefficient (Wildman–Crippen LogP) is 3.92. The highest BCUT2D eigenvalue weighted by Crippen LogP contribution is 2.34. The van der Waals surface area contributed by atoms with Gasteiger partial charge in [-0.25, -0.2) is 18.8 Å². The third-order valence-corrected chi connectivity index (χ3v) is 6.29. The van der Waals surface area contributed by atoms with E-state index >= 15 is 0 Å². The molecular formula is C25H23FN8O2. The molecule has 0 amide bonds. The molecule has 0 radical (unpaired) electrons. The lowest BCUT2D eigenvalue weighted by atomic mass is 9.95. The molecule has 36 heavy (non-hydrogen) atoms. The van der Waals surface area contributed by atoms with Crippen LogP contribution in [0.25, 0.3) is 16.9 Å². The van der Waals surface area contributed by atoms with E-state index in [1.165, 1.54) is 13.2 Å². The number of pyridine rings is 1. The van der Waals surface area contributed by atoms with Crippen LogP contribution >= 0.6 is 0 Å². The largest absolute Gasteiger partial charge is 0.494 e. The molecule has 5 aromatic rings. The van der Waals surface area contributed by atoms with E-state index in [4.69, 9.17) is 9.47 Å². The van der Waals surface area contributed by atoms with Gasteiger partial charge >= 0.3 is 0 Å². The lowest BCUT2D eigenvalue weighted by Crippen LogP contribution is -2.08. The second-order valence-electron chi connectivity index (χ2n) is 8.57. The molecule has 1 aliphatic heterocycles. The minimum Gasteiger partial charge on any atom is -0.494 e. The summed E-state index contributed by atoms with van der Waals surface area (Å²) < 4.78 is 29.0. The summed E-state index contributed by atoms with van der Waals surface area (Å²) in [5.74, 6) is 2.55. The van der Waals surface area contributed by atoms with Crippen LogP contribution in [0.2, 0.25) is 0 Å². The summed E-state index contributed by atoms with van der Waals surface area (Å²) >= 11 is 0. The van der Waals surface area contributed by atoms with Crippen LogP contribution < -0.4 is 14.8 Å². The normalized spacial score (nSPS) is 14.9. The molecule has 0 saturated heterocycles.